The Morgan fingerprint density at radius 2 is 1.76 bits per heavy atom. The monoisotopic (exact) mass is 349 g/mol. The van der Waals surface area contributed by atoms with Gasteiger partial charge in [-0.15, -0.1) is 0 Å². The average molecular weight is 349 g/mol. The van der Waals surface area contributed by atoms with Gasteiger partial charge >= 0.3 is 0 Å². The Kier molecular flexibility index (Phi) is 6.17. The van der Waals surface area contributed by atoms with Gasteiger partial charge in [0.1, 0.15) is 0 Å². The van der Waals surface area contributed by atoms with E-state index < -0.39 is 6.10 Å². The summed E-state index contributed by atoms with van der Waals surface area (Å²) in [6.07, 6.45) is 4.34. The normalized spacial score (nSPS) is 21.4. The van der Waals surface area contributed by atoms with Crippen LogP contribution in [0.1, 0.15) is 12.8 Å². The summed E-state index contributed by atoms with van der Waals surface area (Å²) in [6.45, 7) is 4.86. The van der Waals surface area contributed by atoms with Crippen molar-refractivity contribution in [1.29, 1.82) is 0 Å². The molecule has 0 aliphatic carbocycles. The largest absolute Gasteiger partial charge is 0.394 e. The van der Waals surface area contributed by atoms with E-state index in [2.05, 4.69) is 19.8 Å². The molecule has 2 aliphatic heterocycles. The van der Waals surface area contributed by atoms with Crippen LogP contribution in [-0.4, -0.2) is 94.4 Å². The number of nitrogens with zero attached hydrogens (tertiary/aromatic N) is 5. The number of aliphatic hydroxyl groups excluding tert-OH is 2. The number of piperidine rings is 1. The van der Waals surface area contributed by atoms with Gasteiger partial charge in [-0.25, -0.2) is 9.97 Å². The second kappa shape index (κ2) is 8.55. The Bertz CT molecular complexity index is 542. The molecule has 0 bridgehead atoms. The second-order valence-electron chi connectivity index (χ2n) is 6.78. The number of carbonyl (C=O) groups excluding carboxylic acids is 1. The molecular weight excluding hydrogens is 322 g/mol. The Hall–Kier alpha value is -1.77. The minimum absolute atomic E-state index is 0.100. The summed E-state index contributed by atoms with van der Waals surface area (Å²) in [6, 6.07) is 1.81. The molecule has 0 spiro atoms. The fourth-order valence-corrected chi connectivity index (χ4v) is 3.53. The minimum atomic E-state index is -0.662. The number of aliphatic hydroxyl groups is 2. The Morgan fingerprint density at radius 3 is 2.36 bits per heavy atom. The molecule has 8 heteroatoms. The highest BCUT2D eigenvalue weighted by Crippen LogP contribution is 2.21. The van der Waals surface area contributed by atoms with Crippen molar-refractivity contribution in [3.8, 4) is 0 Å². The van der Waals surface area contributed by atoms with Crippen LogP contribution < -0.4 is 4.90 Å². The van der Waals surface area contributed by atoms with Crippen LogP contribution in [0.15, 0.2) is 18.5 Å². The first-order valence-electron chi connectivity index (χ1n) is 8.98. The summed E-state index contributed by atoms with van der Waals surface area (Å²) in [5.41, 5.74) is 0. The Balaban J connectivity index is 1.41. The first kappa shape index (κ1) is 18.0. The number of anilines is 1. The number of likely N-dealkylation sites (tertiary alicyclic amines) is 1. The van der Waals surface area contributed by atoms with Gasteiger partial charge in [0.15, 0.2) is 0 Å². The lowest BCUT2D eigenvalue weighted by Gasteiger charge is -2.37. The van der Waals surface area contributed by atoms with Crippen LogP contribution >= 0.6 is 0 Å². The van der Waals surface area contributed by atoms with Crippen molar-refractivity contribution in [2.24, 2.45) is 5.92 Å². The molecule has 1 aromatic rings. The summed E-state index contributed by atoms with van der Waals surface area (Å²) < 4.78 is 0. The molecule has 8 nitrogen and oxygen atoms in total. The van der Waals surface area contributed by atoms with E-state index in [-0.39, 0.29) is 18.4 Å². The molecule has 25 heavy (non-hydrogen) atoms. The van der Waals surface area contributed by atoms with Crippen LogP contribution in [0.2, 0.25) is 0 Å². The van der Waals surface area contributed by atoms with Gasteiger partial charge in [0, 0.05) is 51.7 Å². The molecule has 0 saturated carbocycles. The van der Waals surface area contributed by atoms with Gasteiger partial charge in [0.25, 0.3) is 0 Å². The molecule has 3 rings (SSSR count). The molecule has 2 fully saturated rings. The molecule has 2 aliphatic rings. The van der Waals surface area contributed by atoms with Gasteiger partial charge in [-0.2, -0.15) is 0 Å². The van der Waals surface area contributed by atoms with Gasteiger partial charge in [-0.05, 0) is 24.8 Å². The minimum Gasteiger partial charge on any atom is -0.394 e. The van der Waals surface area contributed by atoms with Crippen LogP contribution in [0.3, 0.4) is 0 Å². The van der Waals surface area contributed by atoms with Crippen molar-refractivity contribution in [1.82, 2.24) is 19.8 Å². The van der Waals surface area contributed by atoms with Crippen molar-refractivity contribution >= 4 is 11.9 Å². The van der Waals surface area contributed by atoms with Crippen molar-refractivity contribution in [3.05, 3.63) is 18.5 Å². The Morgan fingerprint density at radius 1 is 1.12 bits per heavy atom. The number of amides is 1. The smallest absolute Gasteiger partial charge is 0.236 e. The van der Waals surface area contributed by atoms with Crippen LogP contribution in [0, 0.1) is 5.92 Å². The van der Waals surface area contributed by atoms with Crippen LogP contribution in [0.4, 0.5) is 5.95 Å². The molecule has 138 valence electrons. The molecule has 0 radical (unpaired) electrons. The van der Waals surface area contributed by atoms with Crippen LogP contribution in [0.5, 0.6) is 0 Å². The molecule has 0 aromatic carbocycles. The lowest BCUT2D eigenvalue weighted by atomic mass is 9.91. The fourth-order valence-electron chi connectivity index (χ4n) is 3.53. The molecule has 1 atom stereocenters. The summed E-state index contributed by atoms with van der Waals surface area (Å²) >= 11 is 0. The second-order valence-corrected chi connectivity index (χ2v) is 6.78. The SMILES string of the molecule is O=C(CN1CCN(c2ncccn2)CC1)N1CCC(C(O)CO)CC1. The summed E-state index contributed by atoms with van der Waals surface area (Å²) in [7, 11) is 0. The van der Waals surface area contributed by atoms with Crippen molar-refractivity contribution in [2.45, 2.75) is 18.9 Å². The highest BCUT2D eigenvalue weighted by Gasteiger charge is 2.28. The Labute approximate surface area is 148 Å². The zero-order chi connectivity index (χ0) is 17.6. The quantitative estimate of drug-likeness (QED) is 0.718. The summed E-state index contributed by atoms with van der Waals surface area (Å²) in [5, 5.41) is 18.7. The van der Waals surface area contributed by atoms with E-state index in [9.17, 15) is 9.90 Å². The molecule has 1 amide bonds. The third kappa shape index (κ3) is 4.65. The van der Waals surface area contributed by atoms with E-state index in [0.29, 0.717) is 19.6 Å². The molecule has 1 unspecified atom stereocenters. The number of carbonyl (C=O) groups is 1. The van der Waals surface area contributed by atoms with E-state index in [0.717, 1.165) is 45.0 Å². The predicted octanol–water partition coefficient (Wildman–Crippen LogP) is -0.810. The van der Waals surface area contributed by atoms with E-state index in [1.165, 1.54) is 0 Å². The standard InChI is InChI=1S/C17H27N5O3/c23-13-15(24)14-2-6-21(7-3-14)16(25)12-20-8-10-22(11-9-20)17-18-4-1-5-19-17/h1,4-5,14-15,23-24H,2-3,6-13H2. The topological polar surface area (TPSA) is 93.0 Å². The van der Waals surface area contributed by atoms with Crippen LogP contribution in [0.25, 0.3) is 0 Å². The van der Waals surface area contributed by atoms with Gasteiger partial charge in [-0.3, -0.25) is 9.69 Å². The van der Waals surface area contributed by atoms with E-state index in [1.54, 1.807) is 18.5 Å². The van der Waals surface area contributed by atoms with Gasteiger partial charge < -0.3 is 20.0 Å². The molecule has 3 heterocycles. The zero-order valence-corrected chi connectivity index (χ0v) is 14.5. The lowest BCUT2D eigenvalue weighted by Crippen LogP contribution is -2.51. The number of hydrogen-bond donors (Lipinski definition) is 2. The lowest BCUT2D eigenvalue weighted by molar-refractivity contribution is -0.134. The number of rotatable bonds is 5. The third-order valence-corrected chi connectivity index (χ3v) is 5.19. The highest BCUT2D eigenvalue weighted by atomic mass is 16.3. The van der Waals surface area contributed by atoms with Crippen molar-refractivity contribution in [2.75, 3.05) is 57.3 Å². The fraction of sp³-hybridized carbons (Fsp3) is 0.706. The van der Waals surface area contributed by atoms with Crippen molar-refractivity contribution < 1.29 is 15.0 Å². The maximum atomic E-state index is 12.5. The first-order valence-corrected chi connectivity index (χ1v) is 8.98. The summed E-state index contributed by atoms with van der Waals surface area (Å²) in [4.78, 5) is 27.2. The first-order chi connectivity index (χ1) is 12.2. The van der Waals surface area contributed by atoms with E-state index >= 15 is 0 Å². The van der Waals surface area contributed by atoms with E-state index in [4.69, 9.17) is 5.11 Å². The third-order valence-electron chi connectivity index (χ3n) is 5.19. The average Bonchev–Trinajstić information content (AvgIpc) is 2.68. The van der Waals surface area contributed by atoms with Crippen LogP contribution in [-0.2, 0) is 4.79 Å². The number of aromatic nitrogens is 2. The molecule has 1 aromatic heterocycles. The molecule has 2 N–H and O–H groups in total. The number of hydrogen-bond acceptors (Lipinski definition) is 7. The molecular formula is C17H27N5O3. The van der Waals surface area contributed by atoms with Crippen molar-refractivity contribution in [3.63, 3.8) is 0 Å². The zero-order valence-electron chi connectivity index (χ0n) is 14.5. The van der Waals surface area contributed by atoms with Gasteiger partial charge in [-0.1, -0.05) is 0 Å². The maximum absolute atomic E-state index is 12.5. The predicted molar refractivity (Wildman–Crippen MR) is 93.1 cm³/mol. The van der Waals surface area contributed by atoms with E-state index in [1.807, 2.05) is 4.90 Å². The highest BCUT2D eigenvalue weighted by molar-refractivity contribution is 5.78. The number of piperazine rings is 1. The summed E-state index contributed by atoms with van der Waals surface area (Å²) in [5.74, 6) is 1.00. The van der Waals surface area contributed by atoms with Gasteiger partial charge in [0.2, 0.25) is 11.9 Å². The molecule has 2 saturated heterocycles. The van der Waals surface area contributed by atoms with Gasteiger partial charge in [0.05, 0.1) is 19.3 Å². The maximum Gasteiger partial charge on any atom is 0.236 e.